The van der Waals surface area contributed by atoms with Crippen molar-refractivity contribution >= 4 is 23.4 Å². The second-order valence-electron chi connectivity index (χ2n) is 7.07. The molecule has 8 heteroatoms. The zero-order chi connectivity index (χ0) is 23.1. The van der Waals surface area contributed by atoms with Crippen molar-refractivity contribution in [1.82, 2.24) is 5.32 Å². The van der Waals surface area contributed by atoms with Crippen LogP contribution in [0.25, 0.3) is 0 Å². The number of nitrogens with one attached hydrogen (secondary N) is 1. The molecule has 1 heterocycles. The van der Waals surface area contributed by atoms with Crippen LogP contribution in [0.4, 0.5) is 13.2 Å². The van der Waals surface area contributed by atoms with Crippen LogP contribution in [0.3, 0.4) is 0 Å². The van der Waals surface area contributed by atoms with Gasteiger partial charge in [-0.3, -0.25) is 4.99 Å². The number of alkyl halides is 3. The van der Waals surface area contributed by atoms with Gasteiger partial charge in [0.25, 0.3) is 0 Å². The van der Waals surface area contributed by atoms with Crippen LogP contribution in [-0.4, -0.2) is 23.1 Å². The van der Waals surface area contributed by atoms with E-state index < -0.39 is 12.1 Å². The molecular formula is C24H20ClF3N2O2. The Morgan fingerprint density at radius 2 is 1.41 bits per heavy atom. The monoisotopic (exact) mass is 460 g/mol. The van der Waals surface area contributed by atoms with Gasteiger partial charge >= 0.3 is 12.1 Å². The zero-order valence-corrected chi connectivity index (χ0v) is 17.5. The van der Waals surface area contributed by atoms with Crippen LogP contribution in [0.1, 0.15) is 28.8 Å². The number of hydrogen-bond donors (Lipinski definition) is 2. The molecular weight excluding hydrogens is 441 g/mol. The van der Waals surface area contributed by atoms with Crippen LogP contribution < -0.4 is 5.32 Å². The predicted molar refractivity (Wildman–Crippen MR) is 118 cm³/mol. The van der Waals surface area contributed by atoms with E-state index >= 15 is 0 Å². The van der Waals surface area contributed by atoms with Gasteiger partial charge in [-0.1, -0.05) is 84.4 Å². The maximum atomic E-state index is 10.6. The number of amidine groups is 1. The molecule has 0 amide bonds. The number of hydrogen-bond acceptors (Lipinski definition) is 3. The fourth-order valence-electron chi connectivity index (χ4n) is 3.27. The summed E-state index contributed by atoms with van der Waals surface area (Å²) in [6, 6.07) is 29.2. The van der Waals surface area contributed by atoms with Gasteiger partial charge in [0.15, 0.2) is 0 Å². The van der Waals surface area contributed by atoms with E-state index in [4.69, 9.17) is 26.5 Å². The number of carboxylic acids is 1. The van der Waals surface area contributed by atoms with Gasteiger partial charge in [-0.05, 0) is 28.8 Å². The van der Waals surface area contributed by atoms with E-state index in [-0.39, 0.29) is 12.1 Å². The van der Waals surface area contributed by atoms with Crippen molar-refractivity contribution in [3.8, 4) is 0 Å². The molecule has 3 aromatic rings. The molecule has 2 atom stereocenters. The van der Waals surface area contributed by atoms with Crippen LogP contribution in [-0.2, 0) is 11.2 Å². The van der Waals surface area contributed by atoms with Crippen LogP contribution in [0.5, 0.6) is 0 Å². The molecule has 0 aromatic heterocycles. The Balaban J connectivity index is 0.000000360. The molecule has 0 spiro atoms. The van der Waals surface area contributed by atoms with Crippen molar-refractivity contribution in [2.45, 2.75) is 24.7 Å². The van der Waals surface area contributed by atoms with Gasteiger partial charge in [0.05, 0.1) is 6.04 Å². The fourth-order valence-corrected chi connectivity index (χ4v) is 3.40. The Morgan fingerprint density at radius 1 is 0.906 bits per heavy atom. The first kappa shape index (κ1) is 23.3. The molecule has 166 valence electrons. The summed E-state index contributed by atoms with van der Waals surface area (Å²) in [7, 11) is 0. The molecule has 0 saturated carbocycles. The van der Waals surface area contributed by atoms with E-state index in [1.165, 1.54) is 16.7 Å². The van der Waals surface area contributed by atoms with E-state index in [9.17, 15) is 13.2 Å². The van der Waals surface area contributed by atoms with Crippen molar-refractivity contribution < 1.29 is 23.1 Å². The van der Waals surface area contributed by atoms with Gasteiger partial charge in [0.2, 0.25) is 0 Å². The summed E-state index contributed by atoms with van der Waals surface area (Å²) >= 11 is 5.99. The molecule has 3 aromatic carbocycles. The summed E-state index contributed by atoms with van der Waals surface area (Å²) in [6.45, 7) is 0. The minimum absolute atomic E-state index is 0.0888. The fraction of sp³-hybridized carbons (Fsp3) is 0.167. The summed E-state index contributed by atoms with van der Waals surface area (Å²) in [5.74, 6) is -1.74. The van der Waals surface area contributed by atoms with Crippen molar-refractivity contribution in [3.05, 3.63) is 107 Å². The van der Waals surface area contributed by atoms with E-state index in [1.807, 2.05) is 24.3 Å². The molecule has 0 saturated heterocycles. The van der Waals surface area contributed by atoms with Gasteiger partial charge in [-0.15, -0.1) is 0 Å². The van der Waals surface area contributed by atoms with Crippen LogP contribution in [0.15, 0.2) is 89.9 Å². The van der Waals surface area contributed by atoms with E-state index in [2.05, 4.69) is 66.0 Å². The first-order valence-corrected chi connectivity index (χ1v) is 10.1. The molecule has 1 aliphatic heterocycles. The number of benzene rings is 3. The van der Waals surface area contributed by atoms with Crippen molar-refractivity contribution in [1.29, 1.82) is 0 Å². The van der Waals surface area contributed by atoms with Crippen molar-refractivity contribution in [3.63, 3.8) is 0 Å². The summed E-state index contributed by atoms with van der Waals surface area (Å²) in [4.78, 5) is 13.9. The lowest BCUT2D eigenvalue weighted by Gasteiger charge is -2.19. The van der Waals surface area contributed by atoms with Gasteiger partial charge < -0.3 is 10.4 Å². The third-order valence-electron chi connectivity index (χ3n) is 4.76. The molecule has 0 fully saturated rings. The van der Waals surface area contributed by atoms with Crippen molar-refractivity contribution in [2.75, 3.05) is 0 Å². The standard InChI is InChI=1S/C22H19ClN2.C2HF3O2/c23-19-13-11-16(12-14-19)15-20-24-21(17-7-3-1-4-8-17)22(25-20)18-9-5-2-6-10-18;3-2(4,5)1(6)7/h1-14,21-22H,15H2,(H,24,25);(H,6,7)/t21-,22+;. The molecule has 1 aliphatic rings. The molecule has 4 nitrogen and oxygen atoms in total. The highest BCUT2D eigenvalue weighted by molar-refractivity contribution is 6.30. The molecule has 4 rings (SSSR count). The van der Waals surface area contributed by atoms with E-state index in [0.717, 1.165) is 17.3 Å². The van der Waals surface area contributed by atoms with Gasteiger partial charge in [-0.25, -0.2) is 4.79 Å². The topological polar surface area (TPSA) is 61.7 Å². The summed E-state index contributed by atoms with van der Waals surface area (Å²) in [5.41, 5.74) is 3.69. The van der Waals surface area contributed by atoms with Gasteiger partial charge in [-0.2, -0.15) is 13.2 Å². The maximum Gasteiger partial charge on any atom is 0.490 e. The Bertz CT molecular complexity index is 1060. The number of rotatable bonds is 4. The lowest BCUT2D eigenvalue weighted by molar-refractivity contribution is -0.192. The first-order chi connectivity index (χ1) is 15.2. The molecule has 32 heavy (non-hydrogen) atoms. The zero-order valence-electron chi connectivity index (χ0n) is 16.8. The lowest BCUT2D eigenvalue weighted by atomic mass is 9.95. The quantitative estimate of drug-likeness (QED) is 0.502. The van der Waals surface area contributed by atoms with E-state index in [0.29, 0.717) is 0 Å². The Morgan fingerprint density at radius 3 is 1.91 bits per heavy atom. The van der Waals surface area contributed by atoms with Crippen LogP contribution in [0, 0.1) is 0 Å². The first-order valence-electron chi connectivity index (χ1n) is 9.71. The molecule has 2 N–H and O–H groups in total. The number of aliphatic carboxylic acids is 1. The predicted octanol–water partition coefficient (Wildman–Crippen LogP) is 6.00. The summed E-state index contributed by atoms with van der Waals surface area (Å²) < 4.78 is 31.7. The normalized spacial score (nSPS) is 17.6. The van der Waals surface area contributed by atoms with E-state index in [1.54, 1.807) is 0 Å². The highest BCUT2D eigenvalue weighted by Crippen LogP contribution is 2.36. The summed E-state index contributed by atoms with van der Waals surface area (Å²) in [5, 5.41) is 11.5. The smallest absolute Gasteiger partial charge is 0.475 e. The molecule has 0 aliphatic carbocycles. The highest BCUT2D eigenvalue weighted by Gasteiger charge is 2.38. The SMILES string of the molecule is Clc1ccc(CC2=N[C@H](c3ccccc3)[C@H](c3ccccc3)N2)cc1.O=C(O)C(F)(F)F. The number of carboxylic acid groups (broad SMARTS) is 1. The number of carbonyl (C=O) groups is 1. The maximum absolute atomic E-state index is 10.6. The Labute approximate surface area is 188 Å². The Kier molecular flexibility index (Phi) is 7.53. The average Bonchev–Trinajstić information content (AvgIpc) is 3.20. The van der Waals surface area contributed by atoms with Crippen LogP contribution in [0.2, 0.25) is 5.02 Å². The van der Waals surface area contributed by atoms with Crippen LogP contribution >= 0.6 is 11.6 Å². The summed E-state index contributed by atoms with van der Waals surface area (Å²) in [6.07, 6.45) is -4.30. The average molecular weight is 461 g/mol. The Hall–Kier alpha value is -3.32. The largest absolute Gasteiger partial charge is 0.490 e. The minimum Gasteiger partial charge on any atom is -0.475 e. The second kappa shape index (κ2) is 10.3. The molecule has 0 bridgehead atoms. The molecule has 0 radical (unpaired) electrons. The third kappa shape index (κ3) is 6.34. The molecule has 0 unspecified atom stereocenters. The minimum atomic E-state index is -5.08. The highest BCUT2D eigenvalue weighted by atomic mass is 35.5. The number of aliphatic imine (C=N–C) groups is 1. The second-order valence-corrected chi connectivity index (χ2v) is 7.51. The van der Waals surface area contributed by atoms with Crippen molar-refractivity contribution in [2.24, 2.45) is 4.99 Å². The number of halogens is 4. The third-order valence-corrected chi connectivity index (χ3v) is 5.01. The van der Waals surface area contributed by atoms with Gasteiger partial charge in [0, 0.05) is 11.4 Å². The lowest BCUT2D eigenvalue weighted by Crippen LogP contribution is -2.25. The van der Waals surface area contributed by atoms with Gasteiger partial charge in [0.1, 0.15) is 11.9 Å². The number of nitrogens with zero attached hydrogens (tertiary/aromatic N) is 1.